The molecule has 1 aromatic carbocycles. The minimum Gasteiger partial charge on any atom is -0.366 e. The van der Waals surface area contributed by atoms with Crippen molar-refractivity contribution >= 4 is 17.5 Å². The second-order valence-corrected chi connectivity index (χ2v) is 4.38. The lowest BCUT2D eigenvalue weighted by Crippen LogP contribution is -2.14. The summed E-state index contributed by atoms with van der Waals surface area (Å²) < 4.78 is 27.1. The van der Waals surface area contributed by atoms with Crippen molar-refractivity contribution in [2.24, 2.45) is 5.73 Å². The molecule has 1 heterocycles. The molecule has 0 fully saturated rings. The number of aryl methyl sites for hydroxylation is 1. The first-order chi connectivity index (χ1) is 8.88. The van der Waals surface area contributed by atoms with Crippen molar-refractivity contribution in [3.8, 4) is 11.1 Å². The molecular formula is C13H9ClF2N2O. The molecule has 2 N–H and O–H groups in total. The van der Waals surface area contributed by atoms with Gasteiger partial charge in [-0.3, -0.25) is 4.79 Å². The van der Waals surface area contributed by atoms with Gasteiger partial charge in [-0.25, -0.2) is 13.8 Å². The molecule has 19 heavy (non-hydrogen) atoms. The maximum Gasteiger partial charge on any atom is 0.249 e. The summed E-state index contributed by atoms with van der Waals surface area (Å²) in [6, 6.07) is 4.50. The molecule has 0 aliphatic heterocycles. The van der Waals surface area contributed by atoms with E-state index in [4.69, 9.17) is 17.3 Å². The summed E-state index contributed by atoms with van der Waals surface area (Å²) in [4.78, 5) is 15.2. The largest absolute Gasteiger partial charge is 0.366 e. The number of pyridine rings is 1. The molecule has 1 aromatic heterocycles. The monoisotopic (exact) mass is 282 g/mol. The van der Waals surface area contributed by atoms with Crippen molar-refractivity contribution in [3.63, 3.8) is 0 Å². The Balaban J connectivity index is 2.77. The third-order valence-electron chi connectivity index (χ3n) is 2.53. The fraction of sp³-hybridized carbons (Fsp3) is 0.0769. The zero-order chi connectivity index (χ0) is 14.2. The van der Waals surface area contributed by atoms with Crippen LogP contribution in [0, 0.1) is 18.6 Å². The lowest BCUT2D eigenvalue weighted by molar-refractivity contribution is 0.1000. The Morgan fingerprint density at radius 3 is 2.53 bits per heavy atom. The number of aromatic nitrogens is 1. The van der Waals surface area contributed by atoms with Crippen LogP contribution in [0.25, 0.3) is 11.1 Å². The Kier molecular flexibility index (Phi) is 3.48. The maximum atomic E-state index is 13.9. The van der Waals surface area contributed by atoms with E-state index < -0.39 is 17.5 Å². The van der Waals surface area contributed by atoms with Crippen LogP contribution in [0.4, 0.5) is 8.78 Å². The summed E-state index contributed by atoms with van der Waals surface area (Å²) in [5.74, 6) is -2.67. The summed E-state index contributed by atoms with van der Waals surface area (Å²) in [6.07, 6.45) is 0. The van der Waals surface area contributed by atoms with Gasteiger partial charge in [0, 0.05) is 17.3 Å². The second-order valence-electron chi connectivity index (χ2n) is 3.99. The van der Waals surface area contributed by atoms with Gasteiger partial charge in [0.2, 0.25) is 5.91 Å². The van der Waals surface area contributed by atoms with Gasteiger partial charge in [-0.05, 0) is 30.7 Å². The van der Waals surface area contributed by atoms with E-state index in [2.05, 4.69) is 4.98 Å². The highest BCUT2D eigenvalue weighted by Crippen LogP contribution is 2.29. The molecule has 0 radical (unpaired) electrons. The number of hydrogen-bond acceptors (Lipinski definition) is 2. The summed E-state index contributed by atoms with van der Waals surface area (Å²) in [5, 5.41) is 0.147. The molecule has 6 heteroatoms. The molecular weight excluding hydrogens is 274 g/mol. The van der Waals surface area contributed by atoms with Gasteiger partial charge in [-0.15, -0.1) is 0 Å². The van der Waals surface area contributed by atoms with Crippen LogP contribution in [-0.4, -0.2) is 10.9 Å². The van der Waals surface area contributed by atoms with Crippen LogP contribution < -0.4 is 5.73 Å². The van der Waals surface area contributed by atoms with Gasteiger partial charge in [-0.1, -0.05) is 11.6 Å². The van der Waals surface area contributed by atoms with Crippen molar-refractivity contribution in [1.82, 2.24) is 4.98 Å². The fourth-order valence-electron chi connectivity index (χ4n) is 1.83. The number of hydrogen-bond donors (Lipinski definition) is 1. The summed E-state index contributed by atoms with van der Waals surface area (Å²) in [7, 11) is 0. The number of rotatable bonds is 2. The van der Waals surface area contributed by atoms with Crippen LogP contribution in [0.2, 0.25) is 5.15 Å². The number of nitrogens with zero attached hydrogens (tertiary/aromatic N) is 1. The molecule has 0 saturated heterocycles. The second kappa shape index (κ2) is 4.93. The standard InChI is InChI=1S/C13H9ClF2N2O/c1-6-2-7(3-11(14)18-6)12-9(13(17)19)4-8(15)5-10(12)16/h2-5H,1H3,(H2,17,19). The first-order valence-electron chi connectivity index (χ1n) is 5.32. The number of primary amides is 1. The molecule has 2 aromatic rings. The van der Waals surface area contributed by atoms with Gasteiger partial charge >= 0.3 is 0 Å². The summed E-state index contributed by atoms with van der Waals surface area (Å²) in [5.41, 5.74) is 5.69. The van der Waals surface area contributed by atoms with E-state index in [1.807, 2.05) is 0 Å². The third-order valence-corrected chi connectivity index (χ3v) is 2.72. The zero-order valence-corrected chi connectivity index (χ0v) is 10.6. The topological polar surface area (TPSA) is 56.0 Å². The van der Waals surface area contributed by atoms with Gasteiger partial charge in [-0.2, -0.15) is 0 Å². The third kappa shape index (κ3) is 2.71. The summed E-state index contributed by atoms with van der Waals surface area (Å²) in [6.45, 7) is 1.67. The Morgan fingerprint density at radius 2 is 1.95 bits per heavy atom. The van der Waals surface area contributed by atoms with Crippen LogP contribution in [-0.2, 0) is 0 Å². The van der Waals surface area contributed by atoms with E-state index in [0.29, 0.717) is 17.3 Å². The molecule has 0 aliphatic carbocycles. The normalized spacial score (nSPS) is 10.5. The van der Waals surface area contributed by atoms with Crippen LogP contribution >= 0.6 is 11.6 Å². The molecule has 3 nitrogen and oxygen atoms in total. The Hall–Kier alpha value is -2.01. The molecule has 1 amide bonds. The molecule has 0 aliphatic rings. The lowest BCUT2D eigenvalue weighted by atomic mass is 9.98. The predicted octanol–water partition coefficient (Wildman–Crippen LogP) is 3.09. The molecule has 98 valence electrons. The average Bonchev–Trinajstić information content (AvgIpc) is 2.25. The molecule has 0 spiro atoms. The highest BCUT2D eigenvalue weighted by molar-refractivity contribution is 6.29. The van der Waals surface area contributed by atoms with Gasteiger partial charge < -0.3 is 5.73 Å². The van der Waals surface area contributed by atoms with Crippen molar-refractivity contribution in [2.75, 3.05) is 0 Å². The van der Waals surface area contributed by atoms with Crippen molar-refractivity contribution in [1.29, 1.82) is 0 Å². The highest BCUT2D eigenvalue weighted by atomic mass is 35.5. The number of benzene rings is 1. The minimum absolute atomic E-state index is 0.0821. The number of amides is 1. The number of halogens is 3. The van der Waals surface area contributed by atoms with Crippen LogP contribution in [0.15, 0.2) is 24.3 Å². The zero-order valence-electron chi connectivity index (χ0n) is 9.88. The first-order valence-corrected chi connectivity index (χ1v) is 5.69. The van der Waals surface area contributed by atoms with Gasteiger partial charge in [0.25, 0.3) is 0 Å². The van der Waals surface area contributed by atoms with Crippen LogP contribution in [0.5, 0.6) is 0 Å². The Morgan fingerprint density at radius 1 is 1.26 bits per heavy atom. The molecule has 0 saturated carbocycles. The Bertz CT molecular complexity index is 654. The fourth-order valence-corrected chi connectivity index (χ4v) is 2.08. The Labute approximate surface area is 113 Å². The van der Waals surface area contributed by atoms with Crippen LogP contribution in [0.1, 0.15) is 16.1 Å². The van der Waals surface area contributed by atoms with E-state index in [1.54, 1.807) is 6.92 Å². The van der Waals surface area contributed by atoms with Crippen molar-refractivity contribution in [2.45, 2.75) is 6.92 Å². The molecule has 0 bridgehead atoms. The van der Waals surface area contributed by atoms with Crippen molar-refractivity contribution < 1.29 is 13.6 Å². The van der Waals surface area contributed by atoms with Gasteiger partial charge in [0.05, 0.1) is 5.56 Å². The predicted molar refractivity (Wildman–Crippen MR) is 67.9 cm³/mol. The highest BCUT2D eigenvalue weighted by Gasteiger charge is 2.18. The number of carbonyl (C=O) groups excluding carboxylic acids is 1. The minimum atomic E-state index is -0.918. The SMILES string of the molecule is Cc1cc(-c2c(F)cc(F)cc2C(N)=O)cc(Cl)n1. The van der Waals surface area contributed by atoms with E-state index >= 15 is 0 Å². The quantitative estimate of drug-likeness (QED) is 0.861. The summed E-state index contributed by atoms with van der Waals surface area (Å²) >= 11 is 5.79. The lowest BCUT2D eigenvalue weighted by Gasteiger charge is -2.10. The molecule has 0 atom stereocenters. The van der Waals surface area contributed by atoms with E-state index in [0.717, 1.165) is 6.07 Å². The number of nitrogens with two attached hydrogens (primary N) is 1. The number of carbonyl (C=O) groups is 1. The van der Waals surface area contributed by atoms with Crippen LogP contribution in [0.3, 0.4) is 0 Å². The molecule has 2 rings (SSSR count). The van der Waals surface area contributed by atoms with Gasteiger partial charge in [0.1, 0.15) is 16.8 Å². The maximum absolute atomic E-state index is 13.9. The van der Waals surface area contributed by atoms with Crippen molar-refractivity contribution in [3.05, 3.63) is 52.3 Å². The molecule has 0 unspecified atom stereocenters. The van der Waals surface area contributed by atoms with E-state index in [-0.39, 0.29) is 16.3 Å². The van der Waals surface area contributed by atoms with E-state index in [9.17, 15) is 13.6 Å². The average molecular weight is 283 g/mol. The first kappa shape index (κ1) is 13.4. The van der Waals surface area contributed by atoms with E-state index in [1.165, 1.54) is 12.1 Å². The van der Waals surface area contributed by atoms with Gasteiger partial charge in [0.15, 0.2) is 0 Å². The smallest absolute Gasteiger partial charge is 0.249 e.